The van der Waals surface area contributed by atoms with Crippen molar-refractivity contribution in [2.45, 2.75) is 6.54 Å². The Bertz CT molecular complexity index is 660. The van der Waals surface area contributed by atoms with Gasteiger partial charge >= 0.3 is 0 Å². The molecule has 0 radical (unpaired) electrons. The Hall–Kier alpha value is -2.49. The average molecular weight is 253 g/mol. The van der Waals surface area contributed by atoms with Crippen molar-refractivity contribution in [1.29, 1.82) is 0 Å². The summed E-state index contributed by atoms with van der Waals surface area (Å²) in [5, 5.41) is 4.08. The number of nitrogens with zero attached hydrogens (tertiary/aromatic N) is 3. The maximum absolute atomic E-state index is 12.9. The van der Waals surface area contributed by atoms with Gasteiger partial charge in [-0.3, -0.25) is 0 Å². The molecule has 0 aliphatic rings. The largest absolute Gasteiger partial charge is 0.249 e. The zero-order valence-corrected chi connectivity index (χ0v) is 10.2. The van der Waals surface area contributed by atoms with Crippen LogP contribution in [0.15, 0.2) is 61.2 Å². The Morgan fingerprint density at radius 3 is 2.58 bits per heavy atom. The second-order valence-electron chi connectivity index (χ2n) is 4.30. The molecule has 3 nitrogen and oxygen atoms in total. The zero-order valence-electron chi connectivity index (χ0n) is 10.2. The molecule has 2 aromatic carbocycles. The first-order valence-corrected chi connectivity index (χ1v) is 5.98. The van der Waals surface area contributed by atoms with Crippen LogP contribution in [0.2, 0.25) is 0 Å². The van der Waals surface area contributed by atoms with Gasteiger partial charge in [0.25, 0.3) is 0 Å². The van der Waals surface area contributed by atoms with Crippen molar-refractivity contribution < 1.29 is 4.39 Å². The zero-order chi connectivity index (χ0) is 13.1. The summed E-state index contributed by atoms with van der Waals surface area (Å²) >= 11 is 0. The molecule has 0 bridgehead atoms. The Balaban J connectivity index is 1.89. The van der Waals surface area contributed by atoms with Gasteiger partial charge < -0.3 is 0 Å². The molecule has 1 aromatic heterocycles. The van der Waals surface area contributed by atoms with Gasteiger partial charge in [-0.15, -0.1) is 0 Å². The molecule has 0 N–H and O–H groups in total. The minimum absolute atomic E-state index is 0.220. The van der Waals surface area contributed by atoms with Gasteiger partial charge in [-0.25, -0.2) is 14.1 Å². The lowest BCUT2D eigenvalue weighted by atomic mass is 10.0. The highest BCUT2D eigenvalue weighted by Crippen LogP contribution is 2.21. The van der Waals surface area contributed by atoms with Gasteiger partial charge in [0.15, 0.2) is 0 Å². The maximum Gasteiger partial charge on any atom is 0.137 e. The smallest absolute Gasteiger partial charge is 0.137 e. The van der Waals surface area contributed by atoms with Crippen LogP contribution in [-0.2, 0) is 6.54 Å². The lowest BCUT2D eigenvalue weighted by Gasteiger charge is -2.05. The van der Waals surface area contributed by atoms with Gasteiger partial charge in [-0.1, -0.05) is 30.3 Å². The van der Waals surface area contributed by atoms with E-state index in [0.29, 0.717) is 6.54 Å². The van der Waals surface area contributed by atoms with E-state index in [4.69, 9.17) is 0 Å². The summed E-state index contributed by atoms with van der Waals surface area (Å²) in [6.07, 6.45) is 3.20. The SMILES string of the molecule is Fc1ccc(-c2cccc(Cn3cncn3)c2)cc1. The number of hydrogen-bond acceptors (Lipinski definition) is 2. The standard InChI is InChI=1S/C15H12FN3/c16-15-6-4-13(5-7-15)14-3-1-2-12(8-14)9-19-11-17-10-18-19/h1-8,10-11H,9H2. The third-order valence-electron chi connectivity index (χ3n) is 2.92. The predicted molar refractivity (Wildman–Crippen MR) is 71.0 cm³/mol. The molecule has 0 spiro atoms. The molecule has 3 aromatic rings. The average Bonchev–Trinajstić information content (AvgIpc) is 2.93. The van der Waals surface area contributed by atoms with Crippen molar-refractivity contribution in [2.24, 2.45) is 0 Å². The second-order valence-corrected chi connectivity index (χ2v) is 4.30. The monoisotopic (exact) mass is 253 g/mol. The Kier molecular flexibility index (Phi) is 3.06. The fourth-order valence-corrected chi connectivity index (χ4v) is 1.99. The van der Waals surface area contributed by atoms with E-state index in [1.807, 2.05) is 18.2 Å². The molecule has 0 amide bonds. The van der Waals surface area contributed by atoms with Crippen LogP contribution in [0.3, 0.4) is 0 Å². The van der Waals surface area contributed by atoms with Crippen molar-refractivity contribution >= 4 is 0 Å². The summed E-state index contributed by atoms with van der Waals surface area (Å²) in [6, 6.07) is 14.6. The van der Waals surface area contributed by atoms with E-state index in [-0.39, 0.29) is 5.82 Å². The van der Waals surface area contributed by atoms with Crippen LogP contribution in [0.1, 0.15) is 5.56 Å². The van der Waals surface area contributed by atoms with Crippen molar-refractivity contribution in [1.82, 2.24) is 14.8 Å². The number of hydrogen-bond donors (Lipinski definition) is 0. The lowest BCUT2D eigenvalue weighted by Crippen LogP contribution is -1.99. The molecule has 0 unspecified atom stereocenters. The molecule has 3 rings (SSSR count). The molecule has 0 saturated heterocycles. The van der Waals surface area contributed by atoms with E-state index in [2.05, 4.69) is 16.1 Å². The fraction of sp³-hybridized carbons (Fsp3) is 0.0667. The third kappa shape index (κ3) is 2.68. The summed E-state index contributed by atoms with van der Waals surface area (Å²) in [5.41, 5.74) is 3.20. The summed E-state index contributed by atoms with van der Waals surface area (Å²) in [7, 11) is 0. The van der Waals surface area contributed by atoms with Crippen molar-refractivity contribution in [3.8, 4) is 11.1 Å². The minimum atomic E-state index is -0.220. The van der Waals surface area contributed by atoms with Gasteiger partial charge in [0.2, 0.25) is 0 Å². The van der Waals surface area contributed by atoms with E-state index in [9.17, 15) is 4.39 Å². The maximum atomic E-state index is 12.9. The lowest BCUT2D eigenvalue weighted by molar-refractivity contribution is 0.628. The topological polar surface area (TPSA) is 30.7 Å². The highest BCUT2D eigenvalue weighted by molar-refractivity contribution is 5.64. The molecule has 0 aliphatic carbocycles. The van der Waals surface area contributed by atoms with E-state index < -0.39 is 0 Å². The highest BCUT2D eigenvalue weighted by atomic mass is 19.1. The molecular formula is C15H12FN3. The van der Waals surface area contributed by atoms with Crippen LogP contribution in [0.25, 0.3) is 11.1 Å². The van der Waals surface area contributed by atoms with E-state index >= 15 is 0 Å². The summed E-state index contributed by atoms with van der Waals surface area (Å²) in [6.45, 7) is 0.676. The molecule has 0 atom stereocenters. The summed E-state index contributed by atoms with van der Waals surface area (Å²) < 4.78 is 14.7. The van der Waals surface area contributed by atoms with Gasteiger partial charge in [0, 0.05) is 0 Å². The number of rotatable bonds is 3. The van der Waals surface area contributed by atoms with Crippen LogP contribution < -0.4 is 0 Å². The van der Waals surface area contributed by atoms with Crippen LogP contribution in [0.5, 0.6) is 0 Å². The van der Waals surface area contributed by atoms with Crippen LogP contribution in [0.4, 0.5) is 4.39 Å². The molecule has 94 valence electrons. The molecule has 0 aliphatic heterocycles. The van der Waals surface area contributed by atoms with Crippen LogP contribution >= 0.6 is 0 Å². The first kappa shape index (κ1) is 11.6. The number of halogens is 1. The van der Waals surface area contributed by atoms with Crippen molar-refractivity contribution in [3.63, 3.8) is 0 Å². The van der Waals surface area contributed by atoms with E-state index in [1.165, 1.54) is 18.5 Å². The Morgan fingerprint density at radius 1 is 1.00 bits per heavy atom. The van der Waals surface area contributed by atoms with E-state index in [1.54, 1.807) is 23.1 Å². The van der Waals surface area contributed by atoms with Gasteiger partial charge in [0.05, 0.1) is 6.54 Å². The number of aromatic nitrogens is 3. The first-order valence-electron chi connectivity index (χ1n) is 5.98. The quantitative estimate of drug-likeness (QED) is 0.718. The normalized spacial score (nSPS) is 10.6. The molecule has 19 heavy (non-hydrogen) atoms. The highest BCUT2D eigenvalue weighted by Gasteiger charge is 2.01. The molecule has 0 fully saturated rings. The minimum Gasteiger partial charge on any atom is -0.249 e. The predicted octanol–water partition coefficient (Wildman–Crippen LogP) is 3.13. The Labute approximate surface area is 110 Å². The molecule has 1 heterocycles. The third-order valence-corrected chi connectivity index (χ3v) is 2.92. The second kappa shape index (κ2) is 5.02. The van der Waals surface area contributed by atoms with Crippen molar-refractivity contribution in [2.75, 3.05) is 0 Å². The van der Waals surface area contributed by atoms with Gasteiger partial charge in [0.1, 0.15) is 18.5 Å². The Morgan fingerprint density at radius 2 is 1.84 bits per heavy atom. The summed E-state index contributed by atoms with van der Waals surface area (Å²) in [5.74, 6) is -0.220. The number of benzene rings is 2. The molecule has 4 heteroatoms. The molecule has 0 saturated carbocycles. The van der Waals surface area contributed by atoms with Crippen molar-refractivity contribution in [3.05, 3.63) is 72.6 Å². The first-order chi connectivity index (χ1) is 9.31. The fourth-order valence-electron chi connectivity index (χ4n) is 1.99. The molecular weight excluding hydrogens is 241 g/mol. The summed E-state index contributed by atoms with van der Waals surface area (Å²) in [4.78, 5) is 3.92. The van der Waals surface area contributed by atoms with Gasteiger partial charge in [-0.05, 0) is 34.9 Å². The van der Waals surface area contributed by atoms with Gasteiger partial charge in [-0.2, -0.15) is 5.10 Å². The van der Waals surface area contributed by atoms with Crippen LogP contribution in [-0.4, -0.2) is 14.8 Å². The van der Waals surface area contributed by atoms with Crippen LogP contribution in [0, 0.1) is 5.82 Å². The van der Waals surface area contributed by atoms with E-state index in [0.717, 1.165) is 16.7 Å².